The predicted octanol–water partition coefficient (Wildman–Crippen LogP) is 5.78. The van der Waals surface area contributed by atoms with Crippen LogP contribution in [0.3, 0.4) is 0 Å². The second-order valence-electron chi connectivity index (χ2n) is 7.80. The van der Waals surface area contributed by atoms with E-state index in [1.807, 2.05) is 5.38 Å². The number of hydrogen-bond donors (Lipinski definition) is 2. The normalized spacial score (nSPS) is 11.8. The molecule has 0 aliphatic heterocycles. The van der Waals surface area contributed by atoms with E-state index in [9.17, 15) is 9.59 Å². The fourth-order valence-electron chi connectivity index (χ4n) is 1.97. The first kappa shape index (κ1) is 21.3. The number of amides is 2. The molecule has 2 N–H and O–H groups in total. The van der Waals surface area contributed by atoms with Crippen LogP contribution in [0.2, 0.25) is 0 Å². The molecule has 1 rings (SSSR count). The molecule has 0 atom stereocenters. The Kier molecular flexibility index (Phi) is 7.29. The molecule has 0 aliphatic rings. The van der Waals surface area contributed by atoms with Crippen LogP contribution >= 0.6 is 11.3 Å². The zero-order valence-electron chi connectivity index (χ0n) is 16.2. The minimum atomic E-state index is -0.595. The predicted molar refractivity (Wildman–Crippen MR) is 103 cm³/mol. The van der Waals surface area contributed by atoms with E-state index in [0.717, 1.165) is 24.1 Å². The van der Waals surface area contributed by atoms with Gasteiger partial charge in [-0.1, -0.05) is 13.3 Å². The van der Waals surface area contributed by atoms with Crippen molar-refractivity contribution in [2.24, 2.45) is 0 Å². The highest BCUT2D eigenvalue weighted by atomic mass is 32.1. The smallest absolute Gasteiger partial charge is 0.412 e. The maximum atomic E-state index is 12.1. The number of thiophene rings is 1. The van der Waals surface area contributed by atoms with Gasteiger partial charge in [-0.2, -0.15) is 0 Å². The summed E-state index contributed by atoms with van der Waals surface area (Å²) in [6, 6.07) is 0. The molecule has 1 aromatic rings. The van der Waals surface area contributed by atoms with Gasteiger partial charge < -0.3 is 9.47 Å². The van der Waals surface area contributed by atoms with Crippen molar-refractivity contribution in [3.05, 3.63) is 10.3 Å². The summed E-state index contributed by atoms with van der Waals surface area (Å²) in [5.74, 6) is 0. The molecule has 0 saturated carbocycles. The minimum Gasteiger partial charge on any atom is -0.444 e. The lowest BCUT2D eigenvalue weighted by Gasteiger charge is -2.21. The molecule has 7 heteroatoms. The van der Waals surface area contributed by atoms with Crippen LogP contribution < -0.4 is 10.6 Å². The summed E-state index contributed by atoms with van der Waals surface area (Å²) >= 11 is 1.50. The highest BCUT2D eigenvalue weighted by Crippen LogP contribution is 2.35. The first-order valence-corrected chi connectivity index (χ1v) is 9.39. The standard InChI is InChI=1S/C18H30N2O4S/c1-8-9-10-13-14(20-16(22)24-18(5,6)7)12(11-25-13)19-15(21)23-17(2,3)4/h11H,8-10H2,1-7H3,(H,19,21)(H,20,22). The lowest BCUT2D eigenvalue weighted by molar-refractivity contribution is 0.0621. The van der Waals surface area contributed by atoms with Crippen LogP contribution in [0.15, 0.2) is 5.38 Å². The summed E-state index contributed by atoms with van der Waals surface area (Å²) in [4.78, 5) is 25.2. The molecule has 25 heavy (non-hydrogen) atoms. The van der Waals surface area contributed by atoms with Crippen LogP contribution in [0.25, 0.3) is 0 Å². The summed E-state index contributed by atoms with van der Waals surface area (Å²) < 4.78 is 10.6. The molecule has 0 unspecified atom stereocenters. The molecule has 0 saturated heterocycles. The molecule has 0 aliphatic carbocycles. The van der Waals surface area contributed by atoms with E-state index in [2.05, 4.69) is 17.6 Å². The van der Waals surface area contributed by atoms with E-state index >= 15 is 0 Å². The Hall–Kier alpha value is -1.76. The molecular weight excluding hydrogens is 340 g/mol. The molecule has 0 spiro atoms. The summed E-state index contributed by atoms with van der Waals surface area (Å²) in [5, 5.41) is 7.29. The summed E-state index contributed by atoms with van der Waals surface area (Å²) in [6.07, 6.45) is 1.76. The van der Waals surface area contributed by atoms with Crippen molar-refractivity contribution in [3.63, 3.8) is 0 Å². The summed E-state index contributed by atoms with van der Waals surface area (Å²) in [5.41, 5.74) is -0.0819. The number of rotatable bonds is 5. The molecule has 0 fully saturated rings. The van der Waals surface area contributed by atoms with Gasteiger partial charge in [0, 0.05) is 10.3 Å². The molecule has 1 heterocycles. The van der Waals surface area contributed by atoms with Crippen molar-refractivity contribution in [1.29, 1.82) is 0 Å². The second kappa shape index (κ2) is 8.56. The quantitative estimate of drug-likeness (QED) is 0.688. The van der Waals surface area contributed by atoms with Crippen molar-refractivity contribution in [1.82, 2.24) is 0 Å². The van der Waals surface area contributed by atoms with Gasteiger partial charge in [-0.15, -0.1) is 11.3 Å². The van der Waals surface area contributed by atoms with Crippen molar-refractivity contribution in [2.45, 2.75) is 78.9 Å². The first-order valence-electron chi connectivity index (χ1n) is 8.51. The Bertz CT molecular complexity index is 597. The Morgan fingerprint density at radius 2 is 1.52 bits per heavy atom. The van der Waals surface area contributed by atoms with Gasteiger partial charge in [0.05, 0.1) is 11.4 Å². The third kappa shape index (κ3) is 8.25. The van der Waals surface area contributed by atoms with Gasteiger partial charge in [0.2, 0.25) is 0 Å². The van der Waals surface area contributed by atoms with E-state index in [0.29, 0.717) is 11.4 Å². The third-order valence-corrected chi connectivity index (χ3v) is 3.93. The van der Waals surface area contributed by atoms with Crippen molar-refractivity contribution >= 4 is 34.9 Å². The van der Waals surface area contributed by atoms with Gasteiger partial charge in [-0.3, -0.25) is 10.6 Å². The van der Waals surface area contributed by atoms with Crippen molar-refractivity contribution in [2.75, 3.05) is 10.6 Å². The summed E-state index contributed by atoms with van der Waals surface area (Å²) in [6.45, 7) is 12.9. The molecule has 0 aromatic carbocycles. The van der Waals surface area contributed by atoms with E-state index in [4.69, 9.17) is 9.47 Å². The molecule has 0 radical (unpaired) electrons. The van der Waals surface area contributed by atoms with E-state index in [-0.39, 0.29) is 0 Å². The number of anilines is 2. The number of nitrogens with one attached hydrogen (secondary N) is 2. The molecule has 0 bridgehead atoms. The number of aryl methyl sites for hydroxylation is 1. The average molecular weight is 371 g/mol. The van der Waals surface area contributed by atoms with E-state index in [1.165, 1.54) is 11.3 Å². The Morgan fingerprint density at radius 1 is 1.00 bits per heavy atom. The highest BCUT2D eigenvalue weighted by Gasteiger charge is 2.22. The summed E-state index contributed by atoms with van der Waals surface area (Å²) in [7, 11) is 0. The maximum Gasteiger partial charge on any atom is 0.412 e. The van der Waals surface area contributed by atoms with E-state index < -0.39 is 23.4 Å². The van der Waals surface area contributed by atoms with E-state index in [1.54, 1.807) is 41.5 Å². The molecular formula is C18H30N2O4S. The zero-order chi connectivity index (χ0) is 19.3. The third-order valence-electron chi connectivity index (χ3n) is 2.89. The second-order valence-corrected chi connectivity index (χ2v) is 8.77. The number of carbonyl (C=O) groups is 2. The Morgan fingerprint density at radius 3 is 2.00 bits per heavy atom. The molecule has 6 nitrogen and oxygen atoms in total. The van der Waals surface area contributed by atoms with Gasteiger partial charge in [-0.25, -0.2) is 9.59 Å². The van der Waals surface area contributed by atoms with Crippen LogP contribution in [-0.4, -0.2) is 23.4 Å². The average Bonchev–Trinajstić information content (AvgIpc) is 2.74. The van der Waals surface area contributed by atoms with Gasteiger partial charge in [0.15, 0.2) is 0 Å². The number of unbranched alkanes of at least 4 members (excludes halogenated alkanes) is 1. The monoisotopic (exact) mass is 370 g/mol. The Balaban J connectivity index is 2.95. The van der Waals surface area contributed by atoms with Gasteiger partial charge in [-0.05, 0) is 54.4 Å². The van der Waals surface area contributed by atoms with Crippen LogP contribution in [0, 0.1) is 0 Å². The van der Waals surface area contributed by atoms with Crippen molar-refractivity contribution < 1.29 is 19.1 Å². The Labute approximate surface area is 154 Å². The van der Waals surface area contributed by atoms with Crippen LogP contribution in [0.4, 0.5) is 21.0 Å². The molecule has 2 amide bonds. The lowest BCUT2D eigenvalue weighted by Crippen LogP contribution is -2.29. The number of hydrogen-bond acceptors (Lipinski definition) is 5. The first-order chi connectivity index (χ1) is 11.4. The lowest BCUT2D eigenvalue weighted by atomic mass is 10.2. The maximum absolute atomic E-state index is 12.1. The highest BCUT2D eigenvalue weighted by molar-refractivity contribution is 7.11. The van der Waals surface area contributed by atoms with Crippen LogP contribution in [0.1, 0.15) is 66.2 Å². The number of ether oxygens (including phenoxy) is 2. The van der Waals surface area contributed by atoms with Crippen LogP contribution in [0.5, 0.6) is 0 Å². The molecule has 142 valence electrons. The number of carbonyl (C=O) groups excluding carboxylic acids is 2. The van der Waals surface area contributed by atoms with Gasteiger partial charge in [0.25, 0.3) is 0 Å². The fraction of sp³-hybridized carbons (Fsp3) is 0.667. The zero-order valence-corrected chi connectivity index (χ0v) is 17.1. The minimum absolute atomic E-state index is 0.524. The van der Waals surface area contributed by atoms with Crippen LogP contribution in [-0.2, 0) is 15.9 Å². The largest absolute Gasteiger partial charge is 0.444 e. The topological polar surface area (TPSA) is 76.7 Å². The van der Waals surface area contributed by atoms with Crippen molar-refractivity contribution in [3.8, 4) is 0 Å². The van der Waals surface area contributed by atoms with Gasteiger partial charge in [0.1, 0.15) is 11.2 Å². The molecule has 1 aromatic heterocycles. The fourth-order valence-corrected chi connectivity index (χ4v) is 2.95. The SMILES string of the molecule is CCCCc1scc(NC(=O)OC(C)(C)C)c1NC(=O)OC(C)(C)C. The van der Waals surface area contributed by atoms with Gasteiger partial charge >= 0.3 is 12.2 Å².